The highest BCUT2D eigenvalue weighted by Gasteiger charge is 2.82. The van der Waals surface area contributed by atoms with Gasteiger partial charge in [0.15, 0.2) is 5.79 Å². The number of methoxy groups -OCH3 is 1. The summed E-state index contributed by atoms with van der Waals surface area (Å²) in [7, 11) is 1.76. The van der Waals surface area contributed by atoms with Gasteiger partial charge in [0, 0.05) is 36.9 Å². The highest BCUT2D eigenvalue weighted by Crippen LogP contribution is 2.84. The Hall–Kier alpha value is -1.47. The SMILES string of the molecule is CCC[C@@H]1[C@@]23CC[C@@H]4[C@@]5(C)CC[C@@]6(C)CC[C@@](C)(C(=O)O)C[C@H]6[C@]5(CCCCCC5CCCCC5)CC[C@@]4(C)[C@]2(CO)CC[C@]1(O)O[C@H]3Cc1ccc(CCOC)cc1. The van der Waals surface area contributed by atoms with Crippen LogP contribution >= 0.6 is 0 Å². The summed E-state index contributed by atoms with van der Waals surface area (Å²) in [5.41, 5.74) is 1.34. The first-order chi connectivity index (χ1) is 28.1. The van der Waals surface area contributed by atoms with E-state index in [1.807, 2.05) is 0 Å². The fourth-order valence-electron chi connectivity index (χ4n) is 17.8. The summed E-state index contributed by atoms with van der Waals surface area (Å²) >= 11 is 0. The molecule has 7 aliphatic rings. The van der Waals surface area contributed by atoms with Gasteiger partial charge >= 0.3 is 5.97 Å². The van der Waals surface area contributed by atoms with E-state index in [1.165, 1.54) is 88.2 Å². The second kappa shape index (κ2) is 16.3. The van der Waals surface area contributed by atoms with Crippen LogP contribution in [0.3, 0.4) is 0 Å². The summed E-state index contributed by atoms with van der Waals surface area (Å²) in [4.78, 5) is 13.1. The number of aliphatic hydroxyl groups excluding tert-OH is 1. The molecule has 7 fully saturated rings. The predicted octanol–water partition coefficient (Wildman–Crippen LogP) is 12.1. The van der Waals surface area contributed by atoms with Crippen molar-refractivity contribution in [2.24, 2.45) is 61.6 Å². The second-order valence-corrected chi connectivity index (χ2v) is 23.3. The van der Waals surface area contributed by atoms with Crippen LogP contribution in [0.1, 0.15) is 193 Å². The fourth-order valence-corrected chi connectivity index (χ4v) is 17.8. The fraction of sp³-hybridized carbons (Fsp3) is 0.868. The maximum Gasteiger partial charge on any atom is 0.309 e. The molecule has 6 nitrogen and oxygen atoms in total. The van der Waals surface area contributed by atoms with Crippen molar-refractivity contribution < 1.29 is 29.6 Å². The van der Waals surface area contributed by atoms with Gasteiger partial charge in [0.1, 0.15) is 0 Å². The van der Waals surface area contributed by atoms with Crippen LogP contribution in [-0.2, 0) is 27.1 Å². The molecule has 1 heterocycles. The Morgan fingerprint density at radius 2 is 1.51 bits per heavy atom. The molecule has 0 radical (unpaired) electrons. The van der Waals surface area contributed by atoms with Crippen molar-refractivity contribution >= 4 is 5.97 Å². The van der Waals surface area contributed by atoms with Gasteiger partial charge in [-0.3, -0.25) is 4.79 Å². The predicted molar refractivity (Wildman–Crippen MR) is 236 cm³/mol. The van der Waals surface area contributed by atoms with Crippen molar-refractivity contribution in [3.8, 4) is 0 Å². The van der Waals surface area contributed by atoms with Crippen molar-refractivity contribution in [3.63, 3.8) is 0 Å². The summed E-state index contributed by atoms with van der Waals surface area (Å²) in [5.74, 6) is -0.00297. The van der Waals surface area contributed by atoms with Gasteiger partial charge in [-0.1, -0.05) is 116 Å². The number of carboxylic acids is 1. The Morgan fingerprint density at radius 1 is 0.797 bits per heavy atom. The van der Waals surface area contributed by atoms with E-state index in [9.17, 15) is 20.1 Å². The Labute approximate surface area is 358 Å². The van der Waals surface area contributed by atoms with Crippen molar-refractivity contribution in [3.05, 3.63) is 35.4 Å². The number of aliphatic hydroxyl groups is 2. The summed E-state index contributed by atoms with van der Waals surface area (Å²) in [5, 5.41) is 35.8. The molecule has 1 aromatic carbocycles. The van der Waals surface area contributed by atoms with Gasteiger partial charge in [-0.15, -0.1) is 0 Å². The van der Waals surface area contributed by atoms with Crippen LogP contribution in [0, 0.1) is 61.6 Å². The molecular formula is C53H84O6. The maximum absolute atomic E-state index is 13.1. The van der Waals surface area contributed by atoms with Crippen LogP contribution in [0.5, 0.6) is 0 Å². The number of hydrogen-bond donors (Lipinski definition) is 3. The van der Waals surface area contributed by atoms with E-state index in [1.54, 1.807) is 7.11 Å². The first-order valence-electron chi connectivity index (χ1n) is 25.0. The molecule has 1 aliphatic heterocycles. The van der Waals surface area contributed by atoms with Crippen molar-refractivity contribution in [1.29, 1.82) is 0 Å². The molecule has 12 atom stereocenters. The Balaban J connectivity index is 1.16. The zero-order chi connectivity index (χ0) is 42.0. The molecule has 0 aromatic heterocycles. The van der Waals surface area contributed by atoms with Crippen LogP contribution in [0.4, 0.5) is 0 Å². The van der Waals surface area contributed by atoms with E-state index in [4.69, 9.17) is 9.47 Å². The summed E-state index contributed by atoms with van der Waals surface area (Å²) < 4.78 is 12.5. The molecule has 1 spiro atoms. The van der Waals surface area contributed by atoms with Crippen LogP contribution in [-0.4, -0.2) is 53.5 Å². The average Bonchev–Trinajstić information content (AvgIpc) is 3.37. The number of aliphatic carboxylic acids is 1. The molecule has 6 heteroatoms. The van der Waals surface area contributed by atoms with Crippen LogP contribution in [0.2, 0.25) is 0 Å². The van der Waals surface area contributed by atoms with E-state index in [2.05, 4.69) is 58.9 Å². The monoisotopic (exact) mass is 817 g/mol. The minimum Gasteiger partial charge on any atom is -0.481 e. The van der Waals surface area contributed by atoms with Crippen LogP contribution in [0.15, 0.2) is 24.3 Å². The average molecular weight is 817 g/mol. The highest BCUT2D eigenvalue weighted by molar-refractivity contribution is 5.74. The number of fused-ring (bicyclic) bond motifs is 7. The number of ether oxygens (including phenoxy) is 2. The molecule has 1 aromatic rings. The van der Waals surface area contributed by atoms with Crippen molar-refractivity contribution in [1.82, 2.24) is 0 Å². The van der Waals surface area contributed by atoms with E-state index >= 15 is 0 Å². The van der Waals surface area contributed by atoms with Gasteiger partial charge in [-0.05, 0) is 147 Å². The highest BCUT2D eigenvalue weighted by atomic mass is 16.6. The zero-order valence-corrected chi connectivity index (χ0v) is 38.4. The number of unbranched alkanes of at least 4 members (excludes halogenated alkanes) is 2. The second-order valence-electron chi connectivity index (χ2n) is 23.3. The summed E-state index contributed by atoms with van der Waals surface area (Å²) in [6.07, 6.45) is 27.7. The molecule has 6 aliphatic carbocycles. The first-order valence-corrected chi connectivity index (χ1v) is 25.0. The molecule has 8 rings (SSSR count). The number of hydrogen-bond acceptors (Lipinski definition) is 5. The molecule has 59 heavy (non-hydrogen) atoms. The molecular weight excluding hydrogens is 733 g/mol. The van der Waals surface area contributed by atoms with Crippen LogP contribution < -0.4 is 0 Å². The number of carbonyl (C=O) groups is 1. The van der Waals surface area contributed by atoms with Gasteiger partial charge in [-0.25, -0.2) is 0 Å². The van der Waals surface area contributed by atoms with E-state index < -0.39 is 17.2 Å². The molecule has 0 unspecified atom stereocenters. The van der Waals surface area contributed by atoms with E-state index in [-0.39, 0.29) is 51.1 Å². The third-order valence-corrected chi connectivity index (χ3v) is 21.1. The number of rotatable bonds is 15. The third kappa shape index (κ3) is 6.69. The lowest BCUT2D eigenvalue weighted by Crippen LogP contribution is -2.74. The lowest BCUT2D eigenvalue weighted by molar-refractivity contribution is -0.314. The molecule has 332 valence electrons. The summed E-state index contributed by atoms with van der Waals surface area (Å²) in [6, 6.07) is 8.99. The molecule has 6 saturated carbocycles. The standard InChI is InChI=1S/C53H84O6/c1-7-14-42-52-25-22-41-48(4)29-28-46(2)26-27-47(3,45(55)56)36-43(46)50(48,24-13-9-12-17-38-15-10-8-11-16-38)31-30-49(41,5)51(52,37-54)32-33-53(42,57)59-44(52)35-40-20-18-39(19-21-40)23-34-58-6/h18-21,38,41-44,54,57H,7-17,22-37H2,1-6H3,(H,55,56)/t41-,42-,43-,44+,46-,47-,48-,49-,50+,51-,52-,53+/m1/s1. The number of benzene rings is 1. The lowest BCUT2D eigenvalue weighted by Gasteiger charge is -2.78. The molecule has 0 amide bonds. The van der Waals surface area contributed by atoms with E-state index in [0.29, 0.717) is 24.9 Å². The lowest BCUT2D eigenvalue weighted by atomic mass is 9.26. The Morgan fingerprint density at radius 3 is 2.20 bits per heavy atom. The molecule has 2 bridgehead atoms. The van der Waals surface area contributed by atoms with Crippen molar-refractivity contribution in [2.75, 3.05) is 20.3 Å². The van der Waals surface area contributed by atoms with Gasteiger partial charge in [0.25, 0.3) is 0 Å². The van der Waals surface area contributed by atoms with Gasteiger partial charge in [0.2, 0.25) is 0 Å². The first kappa shape index (κ1) is 44.1. The Kier molecular flexibility index (Phi) is 12.2. The smallest absolute Gasteiger partial charge is 0.309 e. The minimum atomic E-state index is -1.16. The minimum absolute atomic E-state index is 0.00225. The van der Waals surface area contributed by atoms with E-state index in [0.717, 1.165) is 83.0 Å². The third-order valence-electron chi connectivity index (χ3n) is 21.1. The van der Waals surface area contributed by atoms with Gasteiger partial charge < -0.3 is 24.8 Å². The van der Waals surface area contributed by atoms with Crippen molar-refractivity contribution in [2.45, 2.75) is 207 Å². The van der Waals surface area contributed by atoms with Gasteiger partial charge in [-0.2, -0.15) is 0 Å². The Bertz CT molecular complexity index is 1640. The maximum atomic E-state index is 13.1. The largest absolute Gasteiger partial charge is 0.481 e. The van der Waals surface area contributed by atoms with Crippen LogP contribution in [0.25, 0.3) is 0 Å². The molecule has 3 N–H and O–H groups in total. The quantitative estimate of drug-likeness (QED) is 0.153. The summed E-state index contributed by atoms with van der Waals surface area (Å²) in [6.45, 7) is 13.0. The zero-order valence-electron chi connectivity index (χ0n) is 38.4. The topological polar surface area (TPSA) is 96.2 Å². The van der Waals surface area contributed by atoms with Gasteiger partial charge in [0.05, 0.1) is 18.1 Å². The normalized spacial score (nSPS) is 45.6. The number of carboxylic acid groups (broad SMARTS) is 1. The molecule has 1 saturated heterocycles.